The molecule has 0 atom stereocenters. The van der Waals surface area contributed by atoms with Gasteiger partial charge in [-0.05, 0) is 37.1 Å². The quantitative estimate of drug-likeness (QED) is 0.591. The normalized spacial score (nSPS) is 10.0. The van der Waals surface area contributed by atoms with Crippen LogP contribution in [0.1, 0.15) is 29.3 Å². The van der Waals surface area contributed by atoms with Gasteiger partial charge in [0.2, 0.25) is 0 Å². The van der Waals surface area contributed by atoms with Crippen molar-refractivity contribution in [2.75, 3.05) is 13.2 Å². The summed E-state index contributed by atoms with van der Waals surface area (Å²) in [6.07, 6.45) is 1.68. The lowest BCUT2D eigenvalue weighted by molar-refractivity contribution is 0.0503. The highest BCUT2D eigenvalue weighted by Gasteiger charge is 2.05. The molecule has 3 nitrogen and oxygen atoms in total. The van der Waals surface area contributed by atoms with E-state index in [4.69, 9.17) is 10.5 Å². The Kier molecular flexibility index (Phi) is 4.84. The van der Waals surface area contributed by atoms with Crippen LogP contribution in [0.15, 0.2) is 24.3 Å². The zero-order chi connectivity index (χ0) is 11.1. The smallest absolute Gasteiger partial charge is 0.338 e. The SMILES string of the molecule is CCc1ccc(C(=O)OCCCN)cc1. The summed E-state index contributed by atoms with van der Waals surface area (Å²) in [4.78, 5) is 11.5. The van der Waals surface area contributed by atoms with Crippen LogP contribution in [-0.2, 0) is 11.2 Å². The van der Waals surface area contributed by atoms with Crippen molar-refractivity contribution in [1.82, 2.24) is 0 Å². The van der Waals surface area contributed by atoms with E-state index in [1.54, 1.807) is 12.1 Å². The second-order valence-corrected chi connectivity index (χ2v) is 3.33. The number of nitrogens with two attached hydrogens (primary N) is 1. The molecule has 0 heterocycles. The van der Waals surface area contributed by atoms with E-state index in [9.17, 15) is 4.79 Å². The Hall–Kier alpha value is -1.35. The first-order valence-electron chi connectivity index (χ1n) is 5.24. The highest BCUT2D eigenvalue weighted by molar-refractivity contribution is 5.89. The molecule has 2 N–H and O–H groups in total. The molecule has 15 heavy (non-hydrogen) atoms. The number of rotatable bonds is 5. The van der Waals surface area contributed by atoms with Crippen LogP contribution in [0.2, 0.25) is 0 Å². The Labute approximate surface area is 90.2 Å². The van der Waals surface area contributed by atoms with Crippen LogP contribution >= 0.6 is 0 Å². The van der Waals surface area contributed by atoms with E-state index in [0.29, 0.717) is 25.1 Å². The molecule has 0 bridgehead atoms. The highest BCUT2D eigenvalue weighted by Crippen LogP contribution is 2.06. The van der Waals surface area contributed by atoms with Gasteiger partial charge in [-0.25, -0.2) is 4.79 Å². The number of hydrogen-bond acceptors (Lipinski definition) is 3. The van der Waals surface area contributed by atoms with Crippen molar-refractivity contribution < 1.29 is 9.53 Å². The van der Waals surface area contributed by atoms with E-state index < -0.39 is 0 Å². The van der Waals surface area contributed by atoms with Gasteiger partial charge in [-0.15, -0.1) is 0 Å². The third-order valence-corrected chi connectivity index (χ3v) is 2.18. The number of carbonyl (C=O) groups is 1. The standard InChI is InChI=1S/C12H17NO2/c1-2-10-4-6-11(7-5-10)12(14)15-9-3-8-13/h4-7H,2-3,8-9,13H2,1H3. The van der Waals surface area contributed by atoms with Crippen LogP contribution in [0.3, 0.4) is 0 Å². The highest BCUT2D eigenvalue weighted by atomic mass is 16.5. The molecular formula is C12H17NO2. The maximum atomic E-state index is 11.5. The number of esters is 1. The van der Waals surface area contributed by atoms with Gasteiger partial charge < -0.3 is 10.5 Å². The molecule has 1 aromatic rings. The zero-order valence-corrected chi connectivity index (χ0v) is 9.03. The van der Waals surface area contributed by atoms with Gasteiger partial charge in [-0.1, -0.05) is 19.1 Å². The van der Waals surface area contributed by atoms with E-state index >= 15 is 0 Å². The lowest BCUT2D eigenvalue weighted by Gasteiger charge is -2.04. The Bertz CT molecular complexity index is 306. The summed E-state index contributed by atoms with van der Waals surface area (Å²) in [7, 11) is 0. The summed E-state index contributed by atoms with van der Waals surface area (Å²) in [5, 5.41) is 0. The van der Waals surface area contributed by atoms with Crippen LogP contribution < -0.4 is 5.73 Å². The van der Waals surface area contributed by atoms with Gasteiger partial charge in [0.25, 0.3) is 0 Å². The minimum Gasteiger partial charge on any atom is -0.462 e. The summed E-state index contributed by atoms with van der Waals surface area (Å²) < 4.78 is 5.02. The van der Waals surface area contributed by atoms with E-state index in [1.807, 2.05) is 12.1 Å². The molecule has 0 amide bonds. The fraction of sp³-hybridized carbons (Fsp3) is 0.417. The molecule has 0 aliphatic heterocycles. The molecule has 0 aliphatic rings. The molecule has 0 aliphatic carbocycles. The minimum atomic E-state index is -0.272. The van der Waals surface area contributed by atoms with E-state index in [0.717, 1.165) is 6.42 Å². The van der Waals surface area contributed by atoms with Crippen LogP contribution in [-0.4, -0.2) is 19.1 Å². The summed E-state index contributed by atoms with van der Waals surface area (Å²) in [6.45, 7) is 3.02. The number of hydrogen-bond donors (Lipinski definition) is 1. The average Bonchev–Trinajstić information content (AvgIpc) is 2.29. The molecule has 1 rings (SSSR count). The first kappa shape index (κ1) is 11.7. The van der Waals surface area contributed by atoms with Crippen molar-refractivity contribution in [2.24, 2.45) is 5.73 Å². The van der Waals surface area contributed by atoms with Crippen molar-refractivity contribution in [3.05, 3.63) is 35.4 Å². The maximum absolute atomic E-state index is 11.5. The first-order valence-corrected chi connectivity index (χ1v) is 5.24. The van der Waals surface area contributed by atoms with Gasteiger partial charge in [0.05, 0.1) is 12.2 Å². The van der Waals surface area contributed by atoms with Crippen LogP contribution in [0.25, 0.3) is 0 Å². The van der Waals surface area contributed by atoms with Crippen molar-refractivity contribution >= 4 is 5.97 Å². The van der Waals surface area contributed by atoms with Gasteiger partial charge in [0.15, 0.2) is 0 Å². The molecule has 0 aromatic heterocycles. The Morgan fingerprint density at radius 2 is 2.00 bits per heavy atom. The van der Waals surface area contributed by atoms with Gasteiger partial charge in [0.1, 0.15) is 0 Å². The van der Waals surface area contributed by atoms with E-state index in [-0.39, 0.29) is 5.97 Å². The minimum absolute atomic E-state index is 0.272. The van der Waals surface area contributed by atoms with Crippen LogP contribution in [0, 0.1) is 0 Å². The fourth-order valence-corrected chi connectivity index (χ4v) is 1.21. The van der Waals surface area contributed by atoms with Crippen LogP contribution in [0.5, 0.6) is 0 Å². The number of ether oxygens (including phenoxy) is 1. The molecule has 3 heteroatoms. The van der Waals surface area contributed by atoms with Crippen molar-refractivity contribution in [1.29, 1.82) is 0 Å². The number of carbonyl (C=O) groups excluding carboxylic acids is 1. The molecule has 0 fully saturated rings. The lowest BCUT2D eigenvalue weighted by Crippen LogP contribution is -2.10. The zero-order valence-electron chi connectivity index (χ0n) is 9.03. The average molecular weight is 207 g/mol. The summed E-state index contributed by atoms with van der Waals surface area (Å²) in [5.41, 5.74) is 7.12. The van der Waals surface area contributed by atoms with E-state index in [1.165, 1.54) is 5.56 Å². The summed E-state index contributed by atoms with van der Waals surface area (Å²) >= 11 is 0. The van der Waals surface area contributed by atoms with Crippen molar-refractivity contribution in [2.45, 2.75) is 19.8 Å². The monoisotopic (exact) mass is 207 g/mol. The molecule has 82 valence electrons. The van der Waals surface area contributed by atoms with E-state index in [2.05, 4.69) is 6.92 Å². The Morgan fingerprint density at radius 3 is 2.53 bits per heavy atom. The van der Waals surface area contributed by atoms with Gasteiger partial charge in [-0.3, -0.25) is 0 Å². The molecule has 0 saturated heterocycles. The first-order chi connectivity index (χ1) is 7.27. The second-order valence-electron chi connectivity index (χ2n) is 3.33. The van der Waals surface area contributed by atoms with Crippen LogP contribution in [0.4, 0.5) is 0 Å². The third-order valence-electron chi connectivity index (χ3n) is 2.18. The van der Waals surface area contributed by atoms with Gasteiger partial charge in [-0.2, -0.15) is 0 Å². The largest absolute Gasteiger partial charge is 0.462 e. The van der Waals surface area contributed by atoms with Gasteiger partial charge >= 0.3 is 5.97 Å². The summed E-state index contributed by atoms with van der Waals surface area (Å²) in [6, 6.07) is 7.48. The molecule has 0 saturated carbocycles. The molecular weight excluding hydrogens is 190 g/mol. The predicted octanol–water partition coefficient (Wildman–Crippen LogP) is 1.75. The van der Waals surface area contributed by atoms with Gasteiger partial charge in [0, 0.05) is 0 Å². The molecule has 0 radical (unpaired) electrons. The predicted molar refractivity (Wildman–Crippen MR) is 59.8 cm³/mol. The van der Waals surface area contributed by atoms with Crippen molar-refractivity contribution in [3.63, 3.8) is 0 Å². The number of aryl methyl sites for hydroxylation is 1. The summed E-state index contributed by atoms with van der Waals surface area (Å²) in [5.74, 6) is -0.272. The second kappa shape index (κ2) is 6.19. The topological polar surface area (TPSA) is 52.3 Å². The molecule has 0 spiro atoms. The Morgan fingerprint density at radius 1 is 1.33 bits per heavy atom. The molecule has 1 aromatic carbocycles. The molecule has 0 unspecified atom stereocenters. The number of benzene rings is 1. The van der Waals surface area contributed by atoms with Crippen molar-refractivity contribution in [3.8, 4) is 0 Å². The Balaban J connectivity index is 2.50. The third kappa shape index (κ3) is 3.72. The maximum Gasteiger partial charge on any atom is 0.338 e. The fourth-order valence-electron chi connectivity index (χ4n) is 1.21. The lowest BCUT2D eigenvalue weighted by atomic mass is 10.1.